The Kier molecular flexibility index (Phi) is 8.51. The summed E-state index contributed by atoms with van der Waals surface area (Å²) < 4.78 is 49.8. The van der Waals surface area contributed by atoms with Crippen LogP contribution < -0.4 is 5.73 Å². The number of hydrogen-bond donors (Lipinski definition) is 9. The highest BCUT2D eigenvalue weighted by Gasteiger charge is 2.54. The number of aliphatic hydroxyl groups is 4. The van der Waals surface area contributed by atoms with Gasteiger partial charge in [-0.2, -0.15) is 0 Å². The number of nitrogens with two attached hydrogens (primary N) is 1. The Morgan fingerprint density at radius 3 is 2.11 bits per heavy atom. The molecule has 2 aliphatic heterocycles. The molecule has 0 bridgehead atoms. The fourth-order valence-corrected chi connectivity index (χ4v) is 5.33. The first kappa shape index (κ1) is 29.3. The number of aliphatic hydroxyl groups excluding tert-OH is 4. The van der Waals surface area contributed by atoms with Crippen molar-refractivity contribution in [2.24, 2.45) is 0 Å². The minimum Gasteiger partial charge on any atom is -0.394 e. The van der Waals surface area contributed by atoms with Gasteiger partial charge in [0.05, 0.1) is 19.5 Å². The number of nitrogens with zero attached hydrogens (tertiary/aromatic N) is 4. The largest absolute Gasteiger partial charge is 0.470 e. The lowest BCUT2D eigenvalue weighted by Crippen LogP contribution is -2.61. The summed E-state index contributed by atoms with van der Waals surface area (Å²) in [4.78, 5) is 48.8. The Balaban J connectivity index is 1.61. The van der Waals surface area contributed by atoms with E-state index in [9.17, 15) is 49.1 Å². The van der Waals surface area contributed by atoms with Crippen LogP contribution in [-0.4, -0.2) is 122 Å². The zero-order valence-corrected chi connectivity index (χ0v) is 20.7. The molecule has 38 heavy (non-hydrogen) atoms. The molecule has 0 saturated carbocycles. The molecule has 0 spiro atoms. The normalized spacial score (nSPS) is 34.7. The van der Waals surface area contributed by atoms with Gasteiger partial charge in [-0.05, 0) is 0 Å². The van der Waals surface area contributed by atoms with Crippen LogP contribution in [0.15, 0.2) is 12.7 Å². The summed E-state index contributed by atoms with van der Waals surface area (Å²) in [5.74, 6) is 0.0460. The van der Waals surface area contributed by atoms with Gasteiger partial charge < -0.3 is 59.9 Å². The molecule has 4 heterocycles. The van der Waals surface area contributed by atoms with Gasteiger partial charge in [-0.15, -0.1) is 0 Å². The maximum atomic E-state index is 11.5. The highest BCUT2D eigenvalue weighted by atomic mass is 31.2. The summed E-state index contributed by atoms with van der Waals surface area (Å²) in [6.45, 7) is -1.75. The summed E-state index contributed by atoms with van der Waals surface area (Å²) in [5.41, 5.74) is 6.13. The first-order valence-corrected chi connectivity index (χ1v) is 13.7. The lowest BCUT2D eigenvalue weighted by atomic mass is 9.99. The minimum absolute atomic E-state index is 0.0460. The van der Waals surface area contributed by atoms with E-state index in [1.54, 1.807) is 0 Å². The highest BCUT2D eigenvalue weighted by Crippen LogP contribution is 2.47. The first-order valence-electron chi connectivity index (χ1n) is 10.7. The number of hydrogen-bond acceptors (Lipinski definition) is 15. The average Bonchev–Trinajstić information content (AvgIpc) is 3.38. The molecule has 0 radical (unpaired) electrons. The van der Waals surface area contributed by atoms with Crippen LogP contribution in [-0.2, 0) is 32.4 Å². The molecule has 2 fully saturated rings. The van der Waals surface area contributed by atoms with E-state index in [-0.39, 0.29) is 17.0 Å². The van der Waals surface area contributed by atoms with Gasteiger partial charge in [0.2, 0.25) is 0 Å². The van der Waals surface area contributed by atoms with Crippen molar-refractivity contribution >= 4 is 32.6 Å². The van der Waals surface area contributed by atoms with Crippen LogP contribution in [0.2, 0.25) is 0 Å². The van der Waals surface area contributed by atoms with E-state index in [1.165, 1.54) is 10.9 Å². The third-order valence-electron chi connectivity index (χ3n) is 5.75. The number of phosphoric acid groups is 2. The SMILES string of the molecule is Nc1ncnc2c1ncn2[C@@H]1O[C@H](CO)[C@@H](OC2O[C@H](CO)[C@@H](OP(=O)(O)O)[C@H](OP(=O)(O)O)[C@H]2O)[C@H]1O. The number of anilines is 1. The second-order valence-corrected chi connectivity index (χ2v) is 10.6. The molecular formula is C16H25N5O15P2. The Labute approximate surface area is 212 Å². The van der Waals surface area contributed by atoms with Crippen molar-refractivity contribution in [2.75, 3.05) is 18.9 Å². The van der Waals surface area contributed by atoms with Gasteiger partial charge in [-0.1, -0.05) is 0 Å². The van der Waals surface area contributed by atoms with Crippen LogP contribution in [0.4, 0.5) is 5.82 Å². The summed E-state index contributed by atoms with van der Waals surface area (Å²) in [6, 6.07) is 0. The van der Waals surface area contributed by atoms with Crippen molar-refractivity contribution in [1.29, 1.82) is 0 Å². The van der Waals surface area contributed by atoms with E-state index in [0.717, 1.165) is 6.33 Å². The summed E-state index contributed by atoms with van der Waals surface area (Å²) >= 11 is 0. The predicted molar refractivity (Wildman–Crippen MR) is 117 cm³/mol. The Hall–Kier alpha value is -1.71. The summed E-state index contributed by atoms with van der Waals surface area (Å²) in [7, 11) is -10.8. The number of rotatable bonds is 9. The van der Waals surface area contributed by atoms with Gasteiger partial charge in [0.15, 0.2) is 24.0 Å². The van der Waals surface area contributed by atoms with Crippen LogP contribution in [0.3, 0.4) is 0 Å². The molecule has 0 amide bonds. The lowest BCUT2D eigenvalue weighted by molar-refractivity contribution is -0.313. The maximum Gasteiger partial charge on any atom is 0.470 e. The van der Waals surface area contributed by atoms with E-state index >= 15 is 0 Å². The van der Waals surface area contributed by atoms with Crippen molar-refractivity contribution < 1.29 is 72.4 Å². The molecule has 9 atom stereocenters. The number of aromatic nitrogens is 4. The van der Waals surface area contributed by atoms with E-state index in [1.807, 2.05) is 0 Å². The number of phosphoric ester groups is 2. The average molecular weight is 589 g/mol. The van der Waals surface area contributed by atoms with E-state index in [0.29, 0.717) is 0 Å². The van der Waals surface area contributed by atoms with Crippen LogP contribution in [0.25, 0.3) is 11.2 Å². The predicted octanol–water partition coefficient (Wildman–Crippen LogP) is -3.92. The van der Waals surface area contributed by atoms with Crippen molar-refractivity contribution in [3.05, 3.63) is 12.7 Å². The topological polar surface area (TPSA) is 312 Å². The Morgan fingerprint density at radius 1 is 0.895 bits per heavy atom. The van der Waals surface area contributed by atoms with Gasteiger partial charge in [0.1, 0.15) is 54.6 Å². The number of nitrogen functional groups attached to an aromatic ring is 1. The number of fused-ring (bicyclic) bond motifs is 1. The second-order valence-electron chi connectivity index (χ2n) is 8.26. The first-order chi connectivity index (χ1) is 17.7. The molecular weight excluding hydrogens is 564 g/mol. The minimum atomic E-state index is -5.41. The zero-order chi connectivity index (χ0) is 28.0. The molecule has 214 valence electrons. The van der Waals surface area contributed by atoms with Gasteiger partial charge >= 0.3 is 15.6 Å². The molecule has 2 aromatic rings. The van der Waals surface area contributed by atoms with E-state index in [2.05, 4.69) is 24.0 Å². The van der Waals surface area contributed by atoms with Gasteiger partial charge in [0.25, 0.3) is 0 Å². The second kappa shape index (κ2) is 11.0. The molecule has 10 N–H and O–H groups in total. The van der Waals surface area contributed by atoms with Crippen LogP contribution in [0, 0.1) is 0 Å². The molecule has 2 saturated heterocycles. The molecule has 0 aromatic carbocycles. The third-order valence-corrected chi connectivity index (χ3v) is 6.79. The molecule has 1 unspecified atom stereocenters. The third kappa shape index (κ3) is 6.04. The maximum absolute atomic E-state index is 11.5. The monoisotopic (exact) mass is 589 g/mol. The standard InChI is InChI=1S/C16H25N5O15P2/c17-13-7-14(19-3-18-13)21(4-20-7)15-8(24)10(5(1-22)32-15)34-16-9(25)12(36-38(29,30)31)11(6(2-23)33-16)35-37(26,27)28/h3-6,8-12,15-16,22-25H,1-2H2,(H2,17,18,19)(H2,26,27,28)(H2,29,30,31)/t5-,6-,8-,9-,10-,11-,12-,15-,16?/m1/s1. The van der Waals surface area contributed by atoms with Crippen molar-refractivity contribution in [1.82, 2.24) is 19.5 Å². The van der Waals surface area contributed by atoms with Gasteiger partial charge in [-0.25, -0.2) is 24.1 Å². The molecule has 4 rings (SSSR count). The molecule has 2 aliphatic rings. The van der Waals surface area contributed by atoms with Gasteiger partial charge in [-0.3, -0.25) is 13.6 Å². The van der Waals surface area contributed by atoms with E-state index in [4.69, 9.17) is 19.9 Å². The highest BCUT2D eigenvalue weighted by molar-refractivity contribution is 7.46. The molecule has 22 heteroatoms. The summed E-state index contributed by atoms with van der Waals surface area (Å²) in [5, 5.41) is 41.2. The number of ether oxygens (including phenoxy) is 3. The van der Waals surface area contributed by atoms with Crippen molar-refractivity contribution in [3.63, 3.8) is 0 Å². The quantitative estimate of drug-likeness (QED) is 0.126. The molecule has 2 aromatic heterocycles. The molecule has 20 nitrogen and oxygen atoms in total. The lowest BCUT2D eigenvalue weighted by Gasteiger charge is -2.44. The smallest absolute Gasteiger partial charge is 0.394 e. The van der Waals surface area contributed by atoms with Crippen LogP contribution in [0.5, 0.6) is 0 Å². The van der Waals surface area contributed by atoms with Crippen LogP contribution >= 0.6 is 15.6 Å². The van der Waals surface area contributed by atoms with Gasteiger partial charge in [0, 0.05) is 0 Å². The van der Waals surface area contributed by atoms with Crippen molar-refractivity contribution in [3.8, 4) is 0 Å². The van der Waals surface area contributed by atoms with E-state index < -0.39 is 84.1 Å². The fourth-order valence-electron chi connectivity index (χ4n) is 4.19. The molecule has 0 aliphatic carbocycles. The Bertz CT molecular complexity index is 1220. The Morgan fingerprint density at radius 2 is 1.50 bits per heavy atom. The van der Waals surface area contributed by atoms with Crippen LogP contribution in [0.1, 0.15) is 6.23 Å². The zero-order valence-electron chi connectivity index (χ0n) is 19.0. The summed E-state index contributed by atoms with van der Waals surface area (Å²) in [6.07, 6.45) is -13.4. The fraction of sp³-hybridized carbons (Fsp3) is 0.688. The number of imidazole rings is 1. The van der Waals surface area contributed by atoms with Crippen molar-refractivity contribution in [2.45, 2.75) is 55.2 Å².